The molecule has 2 heterocycles. The Bertz CT molecular complexity index is 280. The Kier molecular flexibility index (Phi) is 2.17. The van der Waals surface area contributed by atoms with Gasteiger partial charge in [0.05, 0.1) is 0 Å². The molecule has 3 heteroatoms. The summed E-state index contributed by atoms with van der Waals surface area (Å²) in [5.74, 6) is 0. The Labute approximate surface area is 77.0 Å². The highest BCUT2D eigenvalue weighted by Gasteiger charge is 2.15. The molecule has 0 aromatic carbocycles. The maximum atomic E-state index is 5.59. The first kappa shape index (κ1) is 8.23. The molecule has 0 amide bonds. The highest BCUT2D eigenvalue weighted by molar-refractivity contribution is 7.12. The third-order valence-corrected chi connectivity index (χ3v) is 3.57. The van der Waals surface area contributed by atoms with Crippen LogP contribution < -0.4 is 5.73 Å². The molecule has 1 aliphatic heterocycles. The van der Waals surface area contributed by atoms with Crippen LogP contribution in [0.5, 0.6) is 0 Å². The minimum Gasteiger partial charge on any atom is -0.326 e. The molecule has 0 spiro atoms. The predicted molar refractivity (Wildman–Crippen MR) is 52.2 cm³/mol. The van der Waals surface area contributed by atoms with Gasteiger partial charge in [-0.25, -0.2) is 0 Å². The lowest BCUT2D eigenvalue weighted by atomic mass is 10.1. The molecule has 2 rings (SSSR count). The molecule has 0 saturated heterocycles. The average molecular weight is 182 g/mol. The van der Waals surface area contributed by atoms with Gasteiger partial charge in [-0.05, 0) is 25.1 Å². The van der Waals surface area contributed by atoms with Crippen molar-refractivity contribution in [3.05, 3.63) is 21.4 Å². The quantitative estimate of drug-likeness (QED) is 0.707. The number of rotatable bonds is 1. The van der Waals surface area contributed by atoms with E-state index in [1.165, 1.54) is 23.4 Å². The maximum Gasteiger partial charge on any atom is 0.0274 e. The van der Waals surface area contributed by atoms with E-state index in [2.05, 4.69) is 18.0 Å². The van der Waals surface area contributed by atoms with Gasteiger partial charge in [-0.3, -0.25) is 0 Å². The zero-order chi connectivity index (χ0) is 8.55. The molecular formula is C9H14N2S. The van der Waals surface area contributed by atoms with Crippen LogP contribution in [0, 0.1) is 0 Å². The van der Waals surface area contributed by atoms with E-state index in [-0.39, 0.29) is 0 Å². The predicted octanol–water partition coefficient (Wildman–Crippen LogP) is 1.19. The molecule has 12 heavy (non-hydrogen) atoms. The van der Waals surface area contributed by atoms with Gasteiger partial charge in [-0.1, -0.05) is 0 Å². The number of hydrogen-bond donors (Lipinski definition) is 1. The smallest absolute Gasteiger partial charge is 0.0274 e. The largest absolute Gasteiger partial charge is 0.326 e. The second-order valence-corrected chi connectivity index (χ2v) is 4.57. The average Bonchev–Trinajstić information content (AvgIpc) is 2.46. The van der Waals surface area contributed by atoms with E-state index in [0.29, 0.717) is 6.54 Å². The van der Waals surface area contributed by atoms with Gasteiger partial charge in [0.15, 0.2) is 0 Å². The summed E-state index contributed by atoms with van der Waals surface area (Å²) in [6, 6.07) is 2.26. The minimum atomic E-state index is 0.696. The van der Waals surface area contributed by atoms with Gasteiger partial charge in [0.1, 0.15) is 0 Å². The van der Waals surface area contributed by atoms with Crippen LogP contribution >= 0.6 is 11.3 Å². The number of thiophene rings is 1. The Hall–Kier alpha value is -0.380. The topological polar surface area (TPSA) is 29.3 Å². The second-order valence-electron chi connectivity index (χ2n) is 3.35. The van der Waals surface area contributed by atoms with E-state index in [1.54, 1.807) is 4.88 Å². The van der Waals surface area contributed by atoms with Gasteiger partial charge in [0, 0.05) is 29.4 Å². The van der Waals surface area contributed by atoms with Crippen molar-refractivity contribution >= 4 is 11.3 Å². The second kappa shape index (κ2) is 3.17. The molecule has 0 unspecified atom stereocenters. The Balaban J connectivity index is 2.28. The highest BCUT2D eigenvalue weighted by atomic mass is 32.1. The summed E-state index contributed by atoms with van der Waals surface area (Å²) < 4.78 is 0. The molecule has 0 radical (unpaired) electrons. The standard InChI is InChI=1S/C9H14N2S/c1-11-3-2-9-7(6-11)4-8(5-10)12-9/h4H,2-3,5-6,10H2,1H3. The third kappa shape index (κ3) is 1.40. The summed E-state index contributed by atoms with van der Waals surface area (Å²) in [7, 11) is 2.17. The van der Waals surface area contributed by atoms with Gasteiger partial charge in [0.2, 0.25) is 0 Å². The summed E-state index contributed by atoms with van der Waals surface area (Å²) in [6.07, 6.45) is 1.20. The van der Waals surface area contributed by atoms with Crippen LogP contribution in [0.25, 0.3) is 0 Å². The normalized spacial score (nSPS) is 17.8. The first-order chi connectivity index (χ1) is 5.79. The number of nitrogens with two attached hydrogens (primary N) is 1. The lowest BCUT2D eigenvalue weighted by molar-refractivity contribution is 0.315. The van der Waals surface area contributed by atoms with Gasteiger partial charge < -0.3 is 10.6 Å². The van der Waals surface area contributed by atoms with E-state index in [1.807, 2.05) is 11.3 Å². The zero-order valence-electron chi connectivity index (χ0n) is 7.34. The van der Waals surface area contributed by atoms with Crippen LogP contribution in [0.4, 0.5) is 0 Å². The van der Waals surface area contributed by atoms with Crippen molar-refractivity contribution in [2.24, 2.45) is 5.73 Å². The van der Waals surface area contributed by atoms with Crippen molar-refractivity contribution in [1.29, 1.82) is 0 Å². The van der Waals surface area contributed by atoms with E-state index in [9.17, 15) is 0 Å². The Morgan fingerprint density at radius 2 is 2.50 bits per heavy atom. The van der Waals surface area contributed by atoms with Crippen molar-refractivity contribution in [3.63, 3.8) is 0 Å². The lowest BCUT2D eigenvalue weighted by Gasteiger charge is -2.21. The molecule has 0 atom stereocenters. The molecule has 0 fully saturated rings. The highest BCUT2D eigenvalue weighted by Crippen LogP contribution is 2.26. The number of fused-ring (bicyclic) bond motifs is 1. The Morgan fingerprint density at radius 1 is 1.67 bits per heavy atom. The molecule has 1 aromatic heterocycles. The monoisotopic (exact) mass is 182 g/mol. The van der Waals surface area contributed by atoms with E-state index >= 15 is 0 Å². The molecule has 2 N–H and O–H groups in total. The van der Waals surface area contributed by atoms with Crippen molar-refractivity contribution < 1.29 is 0 Å². The van der Waals surface area contributed by atoms with Gasteiger partial charge in [-0.15, -0.1) is 11.3 Å². The first-order valence-corrected chi connectivity index (χ1v) is 5.10. The summed E-state index contributed by atoms with van der Waals surface area (Å²) in [4.78, 5) is 5.24. The lowest BCUT2D eigenvalue weighted by Crippen LogP contribution is -2.25. The van der Waals surface area contributed by atoms with Crippen molar-refractivity contribution in [2.45, 2.75) is 19.5 Å². The van der Waals surface area contributed by atoms with E-state index in [0.717, 1.165) is 6.54 Å². The van der Waals surface area contributed by atoms with Crippen LogP contribution in [-0.2, 0) is 19.5 Å². The van der Waals surface area contributed by atoms with E-state index in [4.69, 9.17) is 5.73 Å². The third-order valence-electron chi connectivity index (χ3n) is 2.31. The molecule has 0 bridgehead atoms. The summed E-state index contributed by atoms with van der Waals surface area (Å²) >= 11 is 1.89. The summed E-state index contributed by atoms with van der Waals surface area (Å²) in [5.41, 5.74) is 7.09. The van der Waals surface area contributed by atoms with Crippen molar-refractivity contribution in [2.75, 3.05) is 13.6 Å². The number of likely N-dealkylation sites (N-methyl/N-ethyl adjacent to an activating group) is 1. The first-order valence-electron chi connectivity index (χ1n) is 4.28. The molecule has 66 valence electrons. The van der Waals surface area contributed by atoms with Crippen LogP contribution in [-0.4, -0.2) is 18.5 Å². The van der Waals surface area contributed by atoms with Gasteiger partial charge >= 0.3 is 0 Å². The van der Waals surface area contributed by atoms with Gasteiger partial charge in [-0.2, -0.15) is 0 Å². The van der Waals surface area contributed by atoms with Gasteiger partial charge in [0.25, 0.3) is 0 Å². The molecular weight excluding hydrogens is 168 g/mol. The fourth-order valence-electron chi connectivity index (χ4n) is 1.64. The van der Waals surface area contributed by atoms with E-state index < -0.39 is 0 Å². The molecule has 1 aromatic rings. The van der Waals surface area contributed by atoms with Crippen LogP contribution in [0.2, 0.25) is 0 Å². The Morgan fingerprint density at radius 3 is 3.25 bits per heavy atom. The van der Waals surface area contributed by atoms with Crippen LogP contribution in [0.15, 0.2) is 6.07 Å². The molecule has 0 aliphatic carbocycles. The number of hydrogen-bond acceptors (Lipinski definition) is 3. The van der Waals surface area contributed by atoms with Crippen molar-refractivity contribution in [1.82, 2.24) is 4.90 Å². The molecule has 1 aliphatic rings. The summed E-state index contributed by atoms with van der Waals surface area (Å²) in [5, 5.41) is 0. The number of nitrogens with zero attached hydrogens (tertiary/aromatic N) is 1. The SMILES string of the molecule is CN1CCc2sc(CN)cc2C1. The zero-order valence-corrected chi connectivity index (χ0v) is 8.16. The van der Waals surface area contributed by atoms with Crippen LogP contribution in [0.3, 0.4) is 0 Å². The molecule has 2 nitrogen and oxygen atoms in total. The minimum absolute atomic E-state index is 0.696. The fraction of sp³-hybridized carbons (Fsp3) is 0.556. The molecule has 0 saturated carbocycles. The fourth-order valence-corrected chi connectivity index (χ4v) is 2.69. The summed E-state index contributed by atoms with van der Waals surface area (Å²) in [6.45, 7) is 2.99. The van der Waals surface area contributed by atoms with Crippen molar-refractivity contribution in [3.8, 4) is 0 Å². The van der Waals surface area contributed by atoms with Crippen LogP contribution in [0.1, 0.15) is 15.3 Å². The maximum absolute atomic E-state index is 5.59.